The second-order valence-electron chi connectivity index (χ2n) is 7.70. The summed E-state index contributed by atoms with van der Waals surface area (Å²) in [5.74, 6) is -1.28. The normalized spacial score (nSPS) is 13.1. The van der Waals surface area contributed by atoms with Gasteiger partial charge in [0.1, 0.15) is 0 Å². The van der Waals surface area contributed by atoms with E-state index in [0.29, 0.717) is 22.1 Å². The smallest absolute Gasteiger partial charge is 0.418 e. The third kappa shape index (κ3) is 7.25. The summed E-state index contributed by atoms with van der Waals surface area (Å²) in [6.07, 6.45) is -3.09. The molecule has 1 amide bonds. The van der Waals surface area contributed by atoms with Gasteiger partial charge in [-0.1, -0.05) is 23.4 Å². The highest BCUT2D eigenvalue weighted by Gasteiger charge is 2.34. The van der Waals surface area contributed by atoms with Crippen molar-refractivity contribution in [1.82, 2.24) is 0 Å². The van der Waals surface area contributed by atoms with Crippen LogP contribution in [-0.4, -0.2) is 29.3 Å². The Morgan fingerprint density at radius 2 is 1.89 bits per heavy atom. The van der Waals surface area contributed by atoms with Crippen LogP contribution in [0.1, 0.15) is 30.0 Å². The van der Waals surface area contributed by atoms with Crippen LogP contribution in [0.15, 0.2) is 47.1 Å². The number of carbonyl (C=O) groups is 2. The van der Waals surface area contributed by atoms with Gasteiger partial charge in [-0.3, -0.25) is 9.59 Å². The van der Waals surface area contributed by atoms with E-state index in [1.165, 1.54) is 6.07 Å². The fourth-order valence-corrected chi connectivity index (χ4v) is 4.14. The number of carbonyl (C=O) groups excluding carboxylic acids is 2. The Kier molecular flexibility index (Phi) is 8.50. The second-order valence-corrected chi connectivity index (χ2v) is 9.14. The molecule has 186 valence electrons. The minimum absolute atomic E-state index is 0.0360. The number of hydrogen-bond donors (Lipinski definition) is 2. The van der Waals surface area contributed by atoms with E-state index >= 15 is 0 Å². The van der Waals surface area contributed by atoms with Gasteiger partial charge in [0.2, 0.25) is 5.91 Å². The molecule has 3 rings (SSSR count). The number of nitrogens with one attached hydrogen (secondary N) is 2. The number of thioether (sulfide) groups is 1. The molecule has 1 aliphatic rings. The molecule has 0 bridgehead atoms. The molecule has 0 atom stereocenters. The maximum atomic E-state index is 13.3. The van der Waals surface area contributed by atoms with Gasteiger partial charge in [-0.05, 0) is 68.3 Å². The number of ether oxygens (including phenoxy) is 1. The zero-order chi connectivity index (χ0) is 25.8. The molecule has 2 aromatic carbocycles. The molecule has 0 aliphatic carbocycles. The maximum Gasteiger partial charge on any atom is 0.418 e. The predicted octanol–water partition coefficient (Wildman–Crippen LogP) is 6.64. The lowest BCUT2D eigenvalue weighted by Gasteiger charge is -2.14. The molecule has 0 saturated carbocycles. The van der Waals surface area contributed by atoms with Crippen LogP contribution in [0.2, 0.25) is 5.02 Å². The number of anilines is 2. The van der Waals surface area contributed by atoms with Gasteiger partial charge in [0.25, 0.3) is 0 Å². The molecule has 35 heavy (non-hydrogen) atoms. The topological polar surface area (TPSA) is 79.8 Å². The first-order chi connectivity index (χ1) is 16.5. The van der Waals surface area contributed by atoms with Crippen molar-refractivity contribution >= 4 is 57.3 Å². The molecule has 11 heteroatoms. The Bertz CT molecular complexity index is 1210. The molecule has 1 heterocycles. The van der Waals surface area contributed by atoms with E-state index in [1.54, 1.807) is 13.0 Å². The highest BCUT2D eigenvalue weighted by Crippen LogP contribution is 2.37. The summed E-state index contributed by atoms with van der Waals surface area (Å²) in [7, 11) is 0. The number of benzene rings is 2. The zero-order valence-electron chi connectivity index (χ0n) is 19.2. The quantitative estimate of drug-likeness (QED) is 0.413. The molecule has 0 aromatic heterocycles. The number of alkyl halides is 3. The van der Waals surface area contributed by atoms with Gasteiger partial charge in [0.05, 0.1) is 46.4 Å². The third-order valence-corrected chi connectivity index (χ3v) is 6.13. The van der Waals surface area contributed by atoms with Gasteiger partial charge in [-0.25, -0.2) is 4.99 Å². The van der Waals surface area contributed by atoms with E-state index in [2.05, 4.69) is 15.6 Å². The summed E-state index contributed by atoms with van der Waals surface area (Å²) in [4.78, 5) is 29.2. The Labute approximate surface area is 210 Å². The van der Waals surface area contributed by atoms with Crippen molar-refractivity contribution in [2.45, 2.75) is 33.4 Å². The third-order valence-electron chi connectivity index (χ3n) is 4.99. The number of esters is 1. The van der Waals surface area contributed by atoms with Crippen molar-refractivity contribution in [3.8, 4) is 0 Å². The SMILES string of the molecule is CCOC(=O)CC1=CC(SCC(=O)Nc2ccc(Cl)cc2C(F)(F)F)=Nc2cc(C)c(C)cc2N1. The predicted molar refractivity (Wildman–Crippen MR) is 134 cm³/mol. The first-order valence-corrected chi connectivity index (χ1v) is 11.9. The average molecular weight is 526 g/mol. The van der Waals surface area contributed by atoms with E-state index in [1.807, 2.05) is 26.0 Å². The molecule has 0 saturated heterocycles. The highest BCUT2D eigenvalue weighted by molar-refractivity contribution is 8.14. The van der Waals surface area contributed by atoms with Crippen molar-refractivity contribution in [3.05, 3.63) is 63.8 Å². The number of halogens is 4. The van der Waals surface area contributed by atoms with Crippen LogP contribution in [-0.2, 0) is 20.5 Å². The molecular formula is C24H23ClF3N3O3S. The molecule has 0 fully saturated rings. The number of aryl methyl sites for hydroxylation is 2. The standard InChI is InChI=1S/C24H23ClF3N3O3S/c1-4-34-23(33)11-16-10-22(31-20-8-14(3)13(2)7-19(20)29-16)35-12-21(32)30-18-6-5-15(25)9-17(18)24(26,27)28/h5-10,29H,4,11-12H2,1-3H3,(H,30,32). The summed E-state index contributed by atoms with van der Waals surface area (Å²) < 4.78 is 45.0. The van der Waals surface area contributed by atoms with Crippen molar-refractivity contribution in [2.24, 2.45) is 4.99 Å². The average Bonchev–Trinajstić information content (AvgIpc) is 2.91. The van der Waals surface area contributed by atoms with E-state index in [-0.39, 0.29) is 29.5 Å². The Morgan fingerprint density at radius 3 is 2.57 bits per heavy atom. The summed E-state index contributed by atoms with van der Waals surface area (Å²) in [5, 5.41) is 5.82. The van der Waals surface area contributed by atoms with E-state index in [9.17, 15) is 22.8 Å². The minimum Gasteiger partial charge on any atom is -0.466 e. The van der Waals surface area contributed by atoms with E-state index < -0.39 is 23.6 Å². The van der Waals surface area contributed by atoms with Gasteiger partial charge in [0.15, 0.2) is 0 Å². The first kappa shape index (κ1) is 26.6. The zero-order valence-corrected chi connectivity index (χ0v) is 20.7. The molecule has 0 unspecified atom stereocenters. The van der Waals surface area contributed by atoms with Gasteiger partial charge in [-0.15, -0.1) is 0 Å². The number of nitrogens with zero attached hydrogens (tertiary/aromatic N) is 1. The summed E-state index contributed by atoms with van der Waals surface area (Å²) in [6.45, 7) is 5.84. The minimum atomic E-state index is -4.68. The van der Waals surface area contributed by atoms with Crippen molar-refractivity contribution in [1.29, 1.82) is 0 Å². The molecule has 2 N–H and O–H groups in total. The second kappa shape index (κ2) is 11.2. The number of rotatable bonds is 6. The van der Waals surface area contributed by atoms with Crippen LogP contribution >= 0.6 is 23.4 Å². The van der Waals surface area contributed by atoms with Gasteiger partial charge in [-0.2, -0.15) is 13.2 Å². The summed E-state index contributed by atoms with van der Waals surface area (Å²) in [5.41, 5.74) is 2.45. The number of aliphatic imine (C=N–C) groups is 1. The molecule has 1 aliphatic heterocycles. The fourth-order valence-electron chi connectivity index (χ4n) is 3.23. The highest BCUT2D eigenvalue weighted by atomic mass is 35.5. The van der Waals surface area contributed by atoms with Crippen molar-refractivity contribution < 1.29 is 27.5 Å². The van der Waals surface area contributed by atoms with Gasteiger partial charge < -0.3 is 15.4 Å². The number of amides is 1. The van der Waals surface area contributed by atoms with Crippen molar-refractivity contribution in [3.63, 3.8) is 0 Å². The largest absolute Gasteiger partial charge is 0.466 e. The van der Waals surface area contributed by atoms with Crippen LogP contribution in [0.4, 0.5) is 30.2 Å². The van der Waals surface area contributed by atoms with Crippen LogP contribution in [0.25, 0.3) is 0 Å². The summed E-state index contributed by atoms with van der Waals surface area (Å²) in [6, 6.07) is 6.93. The molecule has 2 aromatic rings. The summed E-state index contributed by atoms with van der Waals surface area (Å²) >= 11 is 6.73. The molecule has 0 radical (unpaired) electrons. The molecule has 6 nitrogen and oxygen atoms in total. The van der Waals surface area contributed by atoms with E-state index in [4.69, 9.17) is 16.3 Å². The lowest BCUT2D eigenvalue weighted by atomic mass is 10.1. The number of hydrogen-bond acceptors (Lipinski definition) is 6. The fraction of sp³-hybridized carbons (Fsp3) is 0.292. The van der Waals surface area contributed by atoms with E-state index in [0.717, 1.165) is 35.0 Å². The lowest BCUT2D eigenvalue weighted by molar-refractivity contribution is -0.142. The monoisotopic (exact) mass is 525 g/mol. The van der Waals surface area contributed by atoms with Crippen LogP contribution in [0.5, 0.6) is 0 Å². The Morgan fingerprint density at radius 1 is 1.17 bits per heavy atom. The lowest BCUT2D eigenvalue weighted by Crippen LogP contribution is -2.19. The van der Waals surface area contributed by atoms with Crippen LogP contribution in [0.3, 0.4) is 0 Å². The Hall–Kier alpha value is -2.98. The van der Waals surface area contributed by atoms with Crippen molar-refractivity contribution in [2.75, 3.05) is 23.0 Å². The maximum absolute atomic E-state index is 13.3. The molecule has 0 spiro atoms. The number of fused-ring (bicyclic) bond motifs is 1. The first-order valence-electron chi connectivity index (χ1n) is 10.6. The Balaban J connectivity index is 1.81. The van der Waals surface area contributed by atoms with Crippen LogP contribution < -0.4 is 10.6 Å². The van der Waals surface area contributed by atoms with Crippen LogP contribution in [0, 0.1) is 13.8 Å². The molecular weight excluding hydrogens is 503 g/mol. The van der Waals surface area contributed by atoms with Gasteiger partial charge >= 0.3 is 12.1 Å². The van der Waals surface area contributed by atoms with Gasteiger partial charge in [0, 0.05) is 10.7 Å².